The largest absolute Gasteiger partial charge is 0.479 e. The molecule has 0 aromatic heterocycles. The maximum absolute atomic E-state index is 12.5. The van der Waals surface area contributed by atoms with Crippen LogP contribution in [0.5, 0.6) is 0 Å². The van der Waals surface area contributed by atoms with Crippen LogP contribution in [0.15, 0.2) is 24.3 Å². The Labute approximate surface area is 89.1 Å². The van der Waals surface area contributed by atoms with E-state index in [4.69, 9.17) is 5.11 Å². The zero-order valence-corrected chi connectivity index (χ0v) is 8.25. The minimum absolute atomic E-state index is 0.671. The molecular formula is C10H9F3O3. The third kappa shape index (κ3) is 2.16. The topological polar surface area (TPSA) is 57.5 Å². The number of rotatable bonds is 2. The van der Waals surface area contributed by atoms with E-state index in [1.165, 1.54) is 6.07 Å². The van der Waals surface area contributed by atoms with Gasteiger partial charge in [0.15, 0.2) is 5.60 Å². The molecule has 0 aliphatic rings. The lowest BCUT2D eigenvalue weighted by Crippen LogP contribution is -2.34. The zero-order valence-electron chi connectivity index (χ0n) is 8.25. The number of benzene rings is 1. The lowest BCUT2D eigenvalue weighted by molar-refractivity contribution is -0.160. The highest BCUT2D eigenvalue weighted by Gasteiger charge is 2.42. The van der Waals surface area contributed by atoms with Gasteiger partial charge in [0.25, 0.3) is 0 Å². The average Bonchev–Trinajstić information content (AvgIpc) is 2.16. The molecule has 2 N–H and O–H groups in total. The quantitative estimate of drug-likeness (QED) is 0.822. The minimum Gasteiger partial charge on any atom is -0.479 e. The summed E-state index contributed by atoms with van der Waals surface area (Å²) in [4.78, 5) is 10.7. The second kappa shape index (κ2) is 3.79. The second-order valence-electron chi connectivity index (χ2n) is 3.42. The number of hydrogen-bond donors (Lipinski definition) is 2. The van der Waals surface area contributed by atoms with Gasteiger partial charge < -0.3 is 10.2 Å². The summed E-state index contributed by atoms with van der Waals surface area (Å²) in [5.41, 5.74) is -4.39. The smallest absolute Gasteiger partial charge is 0.416 e. The number of carboxylic acids is 1. The number of carboxylic acid groups (broad SMARTS) is 1. The molecule has 0 amide bonds. The molecule has 0 unspecified atom stereocenters. The Morgan fingerprint density at radius 2 is 1.62 bits per heavy atom. The molecule has 0 saturated heterocycles. The third-order valence-corrected chi connectivity index (χ3v) is 2.17. The second-order valence-corrected chi connectivity index (χ2v) is 3.42. The van der Waals surface area contributed by atoms with Crippen molar-refractivity contribution in [3.63, 3.8) is 0 Å². The fourth-order valence-electron chi connectivity index (χ4n) is 1.27. The van der Waals surface area contributed by atoms with Crippen molar-refractivity contribution in [2.24, 2.45) is 0 Å². The molecule has 1 atom stereocenters. The van der Waals surface area contributed by atoms with Gasteiger partial charge in [-0.3, -0.25) is 0 Å². The molecule has 0 spiro atoms. The summed E-state index contributed by atoms with van der Waals surface area (Å²) < 4.78 is 37.6. The van der Waals surface area contributed by atoms with Crippen LogP contribution in [0, 0.1) is 0 Å². The summed E-state index contributed by atoms with van der Waals surface area (Å²) in [5, 5.41) is 18.2. The molecule has 0 aliphatic heterocycles. The van der Waals surface area contributed by atoms with Gasteiger partial charge in [-0.05, 0) is 13.0 Å². The fraction of sp³-hybridized carbons (Fsp3) is 0.300. The summed E-state index contributed by atoms with van der Waals surface area (Å²) in [6.45, 7) is 0.805. The van der Waals surface area contributed by atoms with Gasteiger partial charge in [-0.25, -0.2) is 4.79 Å². The molecular weight excluding hydrogens is 225 g/mol. The van der Waals surface area contributed by atoms with Crippen LogP contribution >= 0.6 is 0 Å². The van der Waals surface area contributed by atoms with Crippen molar-refractivity contribution in [3.05, 3.63) is 35.4 Å². The van der Waals surface area contributed by atoms with Gasteiger partial charge in [0.05, 0.1) is 5.56 Å². The number of alkyl halides is 3. The highest BCUT2D eigenvalue weighted by molar-refractivity contribution is 5.79. The van der Waals surface area contributed by atoms with E-state index in [9.17, 15) is 23.1 Å². The Balaban J connectivity index is 3.41. The monoisotopic (exact) mass is 234 g/mol. The molecule has 3 nitrogen and oxygen atoms in total. The molecule has 0 bridgehead atoms. The molecule has 1 aromatic rings. The van der Waals surface area contributed by atoms with E-state index in [1.54, 1.807) is 0 Å². The van der Waals surface area contributed by atoms with Gasteiger partial charge >= 0.3 is 12.1 Å². The highest BCUT2D eigenvalue weighted by Crippen LogP contribution is 2.36. The minimum atomic E-state index is -4.70. The summed E-state index contributed by atoms with van der Waals surface area (Å²) in [6, 6.07) is 4.04. The first kappa shape index (κ1) is 12.5. The number of carbonyl (C=O) groups is 1. The Hall–Kier alpha value is -1.56. The van der Waals surface area contributed by atoms with Crippen LogP contribution in [0.3, 0.4) is 0 Å². The van der Waals surface area contributed by atoms with E-state index < -0.39 is 28.9 Å². The predicted molar refractivity (Wildman–Crippen MR) is 48.7 cm³/mol. The lowest BCUT2D eigenvalue weighted by atomic mass is 9.91. The Morgan fingerprint density at radius 3 is 2.00 bits per heavy atom. The van der Waals surface area contributed by atoms with Crippen LogP contribution in [0.1, 0.15) is 18.1 Å². The molecule has 0 saturated carbocycles. The first-order valence-electron chi connectivity index (χ1n) is 4.30. The van der Waals surface area contributed by atoms with Gasteiger partial charge in [-0.15, -0.1) is 0 Å². The first-order valence-corrected chi connectivity index (χ1v) is 4.30. The van der Waals surface area contributed by atoms with Crippen LogP contribution < -0.4 is 0 Å². The van der Waals surface area contributed by atoms with E-state index in [0.29, 0.717) is 0 Å². The molecule has 1 aromatic carbocycles. The SMILES string of the molecule is C[C@](O)(C(=O)O)c1ccccc1C(F)(F)F. The Bertz CT molecular complexity index is 410. The summed E-state index contributed by atoms with van der Waals surface area (Å²) in [5.74, 6) is -1.73. The molecule has 0 aliphatic carbocycles. The number of aliphatic hydroxyl groups is 1. The van der Waals surface area contributed by atoms with Crippen molar-refractivity contribution in [3.8, 4) is 0 Å². The van der Waals surface area contributed by atoms with Gasteiger partial charge in [0.1, 0.15) is 0 Å². The standard InChI is InChI=1S/C10H9F3O3/c1-9(16,8(14)15)6-4-2-3-5-7(6)10(11,12)13/h2-5,16H,1H3,(H,14,15)/t9-/m1/s1. The van der Waals surface area contributed by atoms with Crippen molar-refractivity contribution in [2.45, 2.75) is 18.7 Å². The zero-order chi connectivity index (χ0) is 12.6. The Kier molecular flexibility index (Phi) is 2.96. The molecule has 1 rings (SSSR count). The molecule has 88 valence electrons. The van der Waals surface area contributed by atoms with Gasteiger partial charge in [0, 0.05) is 5.56 Å². The third-order valence-electron chi connectivity index (χ3n) is 2.17. The summed E-state index contributed by atoms with van der Waals surface area (Å²) >= 11 is 0. The summed E-state index contributed by atoms with van der Waals surface area (Å²) in [6.07, 6.45) is -4.70. The van der Waals surface area contributed by atoms with E-state index in [1.807, 2.05) is 0 Å². The van der Waals surface area contributed by atoms with Crippen LogP contribution in [-0.4, -0.2) is 16.2 Å². The van der Waals surface area contributed by atoms with E-state index in [2.05, 4.69) is 0 Å². The van der Waals surface area contributed by atoms with Crippen LogP contribution in [0.2, 0.25) is 0 Å². The maximum atomic E-state index is 12.5. The van der Waals surface area contributed by atoms with Crippen LogP contribution in [0.4, 0.5) is 13.2 Å². The molecule has 0 radical (unpaired) electrons. The van der Waals surface area contributed by atoms with Crippen LogP contribution in [-0.2, 0) is 16.6 Å². The van der Waals surface area contributed by atoms with Gasteiger partial charge in [-0.1, -0.05) is 18.2 Å². The lowest BCUT2D eigenvalue weighted by Gasteiger charge is -2.22. The van der Waals surface area contributed by atoms with Gasteiger partial charge in [0.2, 0.25) is 0 Å². The number of aliphatic carboxylic acids is 1. The summed E-state index contributed by atoms with van der Waals surface area (Å²) in [7, 11) is 0. The van der Waals surface area contributed by atoms with Crippen molar-refractivity contribution < 1.29 is 28.2 Å². The number of halogens is 3. The normalized spacial score (nSPS) is 15.6. The average molecular weight is 234 g/mol. The molecule has 16 heavy (non-hydrogen) atoms. The Morgan fingerprint density at radius 1 is 1.19 bits per heavy atom. The van der Waals surface area contributed by atoms with Crippen molar-refractivity contribution >= 4 is 5.97 Å². The van der Waals surface area contributed by atoms with E-state index in [-0.39, 0.29) is 0 Å². The van der Waals surface area contributed by atoms with E-state index in [0.717, 1.165) is 25.1 Å². The maximum Gasteiger partial charge on any atom is 0.416 e. The van der Waals surface area contributed by atoms with Crippen molar-refractivity contribution in [1.29, 1.82) is 0 Å². The van der Waals surface area contributed by atoms with Gasteiger partial charge in [-0.2, -0.15) is 13.2 Å². The molecule has 0 fully saturated rings. The number of hydrogen-bond acceptors (Lipinski definition) is 2. The van der Waals surface area contributed by atoms with E-state index >= 15 is 0 Å². The molecule has 0 heterocycles. The molecule has 6 heteroatoms. The van der Waals surface area contributed by atoms with Crippen LogP contribution in [0.25, 0.3) is 0 Å². The first-order chi connectivity index (χ1) is 7.17. The van der Waals surface area contributed by atoms with Crippen molar-refractivity contribution in [1.82, 2.24) is 0 Å². The predicted octanol–water partition coefficient (Wildman–Crippen LogP) is 2.00. The van der Waals surface area contributed by atoms with Crippen molar-refractivity contribution in [2.75, 3.05) is 0 Å². The fourth-order valence-corrected chi connectivity index (χ4v) is 1.27. The highest BCUT2D eigenvalue weighted by atomic mass is 19.4.